The summed E-state index contributed by atoms with van der Waals surface area (Å²) in [6.07, 6.45) is 5.37. The molecule has 1 saturated carbocycles. The lowest BCUT2D eigenvalue weighted by Gasteiger charge is -2.25. The smallest absolute Gasteiger partial charge is 0.225 e. The summed E-state index contributed by atoms with van der Waals surface area (Å²) in [6.45, 7) is 5.34. The van der Waals surface area contributed by atoms with Crippen LogP contribution in [0.4, 0.5) is 11.6 Å². The van der Waals surface area contributed by atoms with Gasteiger partial charge < -0.3 is 9.88 Å². The van der Waals surface area contributed by atoms with Crippen molar-refractivity contribution in [1.82, 2.24) is 39.4 Å². The van der Waals surface area contributed by atoms with Gasteiger partial charge in [-0.15, -0.1) is 5.10 Å². The van der Waals surface area contributed by atoms with Gasteiger partial charge in [-0.25, -0.2) is 9.67 Å². The van der Waals surface area contributed by atoms with Gasteiger partial charge in [-0.1, -0.05) is 31.2 Å². The summed E-state index contributed by atoms with van der Waals surface area (Å²) in [5.74, 6) is 3.02. The summed E-state index contributed by atoms with van der Waals surface area (Å²) < 4.78 is 4.06. The molecule has 0 atom stereocenters. The number of H-pyrrole nitrogens is 1. The van der Waals surface area contributed by atoms with Gasteiger partial charge in [-0.05, 0) is 43.0 Å². The van der Waals surface area contributed by atoms with E-state index in [1.54, 1.807) is 0 Å². The number of aromatic amines is 1. The molecular formula is C28H31N9. The summed E-state index contributed by atoms with van der Waals surface area (Å²) >= 11 is 0. The first-order valence-electron chi connectivity index (χ1n) is 13.1. The van der Waals surface area contributed by atoms with Gasteiger partial charge in [0.05, 0.1) is 23.1 Å². The van der Waals surface area contributed by atoms with E-state index >= 15 is 0 Å². The predicted octanol–water partition coefficient (Wildman–Crippen LogP) is 4.76. The van der Waals surface area contributed by atoms with E-state index < -0.39 is 0 Å². The monoisotopic (exact) mass is 493 g/mol. The molecule has 1 aliphatic heterocycles. The second-order valence-corrected chi connectivity index (χ2v) is 10.2. The summed E-state index contributed by atoms with van der Waals surface area (Å²) in [7, 11) is 4.06. The van der Waals surface area contributed by atoms with E-state index in [4.69, 9.17) is 15.1 Å². The third-order valence-corrected chi connectivity index (χ3v) is 7.84. The van der Waals surface area contributed by atoms with Crippen LogP contribution < -0.4 is 5.32 Å². The Labute approximate surface area is 215 Å². The number of aromatic nitrogens is 7. The molecule has 2 aliphatic rings. The van der Waals surface area contributed by atoms with E-state index in [1.165, 1.54) is 35.2 Å². The first-order valence-corrected chi connectivity index (χ1v) is 13.1. The fourth-order valence-corrected chi connectivity index (χ4v) is 5.53. The second-order valence-electron chi connectivity index (χ2n) is 10.2. The van der Waals surface area contributed by atoms with Crippen molar-refractivity contribution < 1.29 is 0 Å². The van der Waals surface area contributed by atoms with Crippen LogP contribution in [0, 0.1) is 0 Å². The van der Waals surface area contributed by atoms with Crippen molar-refractivity contribution in [2.75, 3.05) is 18.4 Å². The Kier molecular flexibility index (Phi) is 5.14. The Bertz CT molecular complexity index is 1600. The Morgan fingerprint density at radius 1 is 1.03 bits per heavy atom. The van der Waals surface area contributed by atoms with Crippen molar-refractivity contribution in [1.29, 1.82) is 0 Å². The van der Waals surface area contributed by atoms with Gasteiger partial charge in [0.2, 0.25) is 5.95 Å². The van der Waals surface area contributed by atoms with Gasteiger partial charge in [-0.2, -0.15) is 10.1 Å². The number of rotatable bonds is 6. The first kappa shape index (κ1) is 22.2. The van der Waals surface area contributed by atoms with E-state index in [0.29, 0.717) is 11.7 Å². The molecular weight excluding hydrogens is 462 g/mol. The van der Waals surface area contributed by atoms with Gasteiger partial charge >= 0.3 is 0 Å². The van der Waals surface area contributed by atoms with Gasteiger partial charge in [0, 0.05) is 55.8 Å². The zero-order valence-electron chi connectivity index (χ0n) is 21.5. The average molecular weight is 494 g/mol. The molecule has 0 unspecified atom stereocenters. The summed E-state index contributed by atoms with van der Waals surface area (Å²) in [4.78, 5) is 12.3. The van der Waals surface area contributed by atoms with Crippen molar-refractivity contribution in [3.63, 3.8) is 0 Å². The molecule has 0 radical (unpaired) electrons. The van der Waals surface area contributed by atoms with E-state index in [1.807, 2.05) is 17.9 Å². The highest BCUT2D eigenvalue weighted by Crippen LogP contribution is 2.47. The number of likely N-dealkylation sites (N-methyl/N-ethyl adjacent to an activating group) is 1. The number of fused-ring (bicyclic) bond motifs is 2. The van der Waals surface area contributed by atoms with Gasteiger partial charge in [0.15, 0.2) is 5.82 Å². The van der Waals surface area contributed by atoms with Crippen molar-refractivity contribution in [2.24, 2.45) is 14.1 Å². The molecule has 0 bridgehead atoms. The summed E-state index contributed by atoms with van der Waals surface area (Å²) in [6, 6.07) is 12.6. The minimum atomic E-state index is 0.575. The Morgan fingerprint density at radius 3 is 2.62 bits per heavy atom. The van der Waals surface area contributed by atoms with Crippen LogP contribution in [-0.4, -0.2) is 52.5 Å². The van der Waals surface area contributed by atoms with E-state index in [0.717, 1.165) is 60.2 Å². The van der Waals surface area contributed by atoms with Crippen molar-refractivity contribution >= 4 is 22.5 Å². The van der Waals surface area contributed by atoms with Crippen molar-refractivity contribution in [2.45, 2.75) is 38.6 Å². The molecule has 7 rings (SSSR count). The highest BCUT2D eigenvalue weighted by molar-refractivity contribution is 5.89. The Morgan fingerprint density at radius 2 is 1.84 bits per heavy atom. The number of nitrogens with zero attached hydrogens (tertiary/aromatic N) is 7. The number of aryl methyl sites for hydroxylation is 1. The quantitative estimate of drug-likeness (QED) is 0.354. The largest absolute Gasteiger partial charge is 0.330 e. The third kappa shape index (κ3) is 3.81. The highest BCUT2D eigenvalue weighted by Gasteiger charge is 2.29. The molecule has 0 amide bonds. The number of nitrogens with one attached hydrogen (secondary N) is 2. The number of imidazole rings is 1. The zero-order valence-corrected chi connectivity index (χ0v) is 21.5. The lowest BCUT2D eigenvalue weighted by molar-refractivity contribution is 0.260. The molecule has 0 saturated heterocycles. The average Bonchev–Trinajstić information content (AvgIpc) is 3.39. The zero-order chi connectivity index (χ0) is 25.1. The maximum Gasteiger partial charge on any atom is 0.225 e. The minimum absolute atomic E-state index is 0.575. The number of hydrogen-bond donors (Lipinski definition) is 2. The maximum atomic E-state index is 4.99. The van der Waals surface area contributed by atoms with E-state index in [9.17, 15) is 0 Å². The lowest BCUT2D eigenvalue weighted by atomic mass is 10.0. The summed E-state index contributed by atoms with van der Waals surface area (Å²) in [5.41, 5.74) is 8.12. The fourth-order valence-electron chi connectivity index (χ4n) is 5.53. The predicted molar refractivity (Wildman–Crippen MR) is 145 cm³/mol. The molecule has 2 N–H and O–H groups in total. The second kappa shape index (κ2) is 8.55. The van der Waals surface area contributed by atoms with Crippen LogP contribution in [0.15, 0.2) is 42.6 Å². The first-order chi connectivity index (χ1) is 18.1. The van der Waals surface area contributed by atoms with E-state index in [2.05, 4.69) is 75.4 Å². The topological polar surface area (TPSA) is 92.5 Å². The molecule has 5 aromatic rings. The molecule has 188 valence electrons. The Hall–Kier alpha value is -3.98. The van der Waals surface area contributed by atoms with Crippen molar-refractivity contribution in [3.05, 3.63) is 59.5 Å². The molecule has 1 aliphatic carbocycles. The highest BCUT2D eigenvalue weighted by atomic mass is 15.4. The molecule has 0 spiro atoms. The van der Waals surface area contributed by atoms with E-state index in [-0.39, 0.29) is 0 Å². The number of anilines is 2. The molecule has 9 nitrogen and oxygen atoms in total. The molecule has 4 heterocycles. The molecule has 37 heavy (non-hydrogen) atoms. The standard InChI is InChI=1S/C28H31N9/c1-4-37-14-13-22-24(16-37)35(2)27(30-22)19-9-7-18(8-10-19)26-32-28(36(3)34-26)31-23-12-11-21-20(15-29-33-21)25(23)17-5-6-17/h7-12,15,17H,4-6,13-14,16H2,1-3H3,(H,29,33)(H,31,32,34). The van der Waals surface area contributed by atoms with Crippen LogP contribution in [0.2, 0.25) is 0 Å². The van der Waals surface area contributed by atoms with Gasteiger partial charge in [0.1, 0.15) is 5.82 Å². The number of hydrogen-bond acceptors (Lipinski definition) is 6. The van der Waals surface area contributed by atoms with Gasteiger partial charge in [-0.3, -0.25) is 10.00 Å². The van der Waals surface area contributed by atoms with Crippen LogP contribution >= 0.6 is 0 Å². The van der Waals surface area contributed by atoms with Crippen molar-refractivity contribution in [3.8, 4) is 22.8 Å². The van der Waals surface area contributed by atoms with Crippen LogP contribution in [0.5, 0.6) is 0 Å². The van der Waals surface area contributed by atoms with Crippen LogP contribution in [0.1, 0.15) is 42.6 Å². The Balaban J connectivity index is 1.16. The van der Waals surface area contributed by atoms with Crippen LogP contribution in [0.25, 0.3) is 33.7 Å². The lowest BCUT2D eigenvalue weighted by Crippen LogP contribution is -2.31. The molecule has 2 aromatic carbocycles. The molecule has 3 aromatic heterocycles. The normalized spacial score (nSPS) is 15.9. The third-order valence-electron chi connectivity index (χ3n) is 7.84. The molecule has 1 fully saturated rings. The van der Waals surface area contributed by atoms with Gasteiger partial charge in [0.25, 0.3) is 0 Å². The van der Waals surface area contributed by atoms with Crippen LogP contribution in [0.3, 0.4) is 0 Å². The molecule has 9 heteroatoms. The summed E-state index contributed by atoms with van der Waals surface area (Å²) in [5, 5.41) is 16.8. The number of benzene rings is 2. The van der Waals surface area contributed by atoms with Crippen LogP contribution in [-0.2, 0) is 27.1 Å². The fraction of sp³-hybridized carbons (Fsp3) is 0.357. The maximum absolute atomic E-state index is 4.99. The minimum Gasteiger partial charge on any atom is -0.330 e. The SMILES string of the molecule is CCN1CCc2nc(-c3ccc(-c4nc(Nc5ccc6[nH]ncc6c5C5CC5)n(C)n4)cc3)n(C)c2C1.